The van der Waals surface area contributed by atoms with Gasteiger partial charge in [-0.1, -0.05) is 12.1 Å². The summed E-state index contributed by atoms with van der Waals surface area (Å²) in [4.78, 5) is 0.524. The highest BCUT2D eigenvalue weighted by Crippen LogP contribution is 2.28. The van der Waals surface area contributed by atoms with E-state index in [2.05, 4.69) is 5.16 Å². The van der Waals surface area contributed by atoms with E-state index in [1.807, 2.05) is 0 Å². The number of rotatable bonds is 5. The van der Waals surface area contributed by atoms with Gasteiger partial charge < -0.3 is 10.9 Å². The topological polar surface area (TPSA) is 61.8 Å². The van der Waals surface area contributed by atoms with Crippen LogP contribution in [0, 0.1) is 5.92 Å². The fourth-order valence-corrected chi connectivity index (χ4v) is 1.25. The molecule has 3 N–H and O–H groups in total. The van der Waals surface area contributed by atoms with Gasteiger partial charge >= 0.3 is 12.4 Å². The fraction of sp³-hybridized carbons (Fsp3) is 0.875. The second-order valence-corrected chi connectivity index (χ2v) is 3.56. The van der Waals surface area contributed by atoms with Crippen molar-refractivity contribution in [3.05, 3.63) is 0 Å². The van der Waals surface area contributed by atoms with Crippen molar-refractivity contribution in [2.75, 3.05) is 19.6 Å². The number of nitrogens with zero attached hydrogens (tertiary/aromatic N) is 2. The Bertz CT molecular complexity index is 288. The Kier molecular flexibility index (Phi) is 5.71. The van der Waals surface area contributed by atoms with Crippen LogP contribution in [0.4, 0.5) is 26.3 Å². The molecule has 0 aromatic heterocycles. The summed E-state index contributed by atoms with van der Waals surface area (Å²) < 4.78 is 73.8. The Morgan fingerprint density at radius 3 is 2.06 bits per heavy atom. The summed E-state index contributed by atoms with van der Waals surface area (Å²) in [7, 11) is 0. The van der Waals surface area contributed by atoms with Crippen molar-refractivity contribution in [1.29, 1.82) is 0 Å². The van der Waals surface area contributed by atoms with Gasteiger partial charge in [0.15, 0.2) is 5.84 Å². The molecule has 0 aliphatic heterocycles. The van der Waals surface area contributed by atoms with Crippen molar-refractivity contribution < 1.29 is 31.5 Å². The number of hydrogen-bond acceptors (Lipinski definition) is 3. The Morgan fingerprint density at radius 1 is 1.28 bits per heavy atom. The molecule has 0 saturated heterocycles. The lowest BCUT2D eigenvalue weighted by atomic mass is 10.1. The van der Waals surface area contributed by atoms with E-state index in [1.54, 1.807) is 0 Å². The lowest BCUT2D eigenvalue weighted by molar-refractivity contribution is -0.174. The molecule has 0 aromatic rings. The highest BCUT2D eigenvalue weighted by Gasteiger charge is 2.44. The fourth-order valence-electron chi connectivity index (χ4n) is 1.25. The van der Waals surface area contributed by atoms with Gasteiger partial charge in [-0.25, -0.2) is 0 Å². The molecule has 0 heterocycles. The smallest absolute Gasteiger partial charge is 0.401 e. The Balaban J connectivity index is 4.86. The van der Waals surface area contributed by atoms with E-state index in [1.165, 1.54) is 6.92 Å². The SMILES string of the molecule is CCN(CC(C(N)=NO)C(F)(F)F)CC(F)(F)F. The minimum Gasteiger partial charge on any atom is -0.409 e. The summed E-state index contributed by atoms with van der Waals surface area (Å²) >= 11 is 0. The van der Waals surface area contributed by atoms with Gasteiger partial charge in [-0.15, -0.1) is 0 Å². The van der Waals surface area contributed by atoms with Crippen molar-refractivity contribution in [3.8, 4) is 0 Å². The summed E-state index contributed by atoms with van der Waals surface area (Å²) in [5, 5.41) is 10.4. The Morgan fingerprint density at radius 2 is 1.78 bits per heavy atom. The monoisotopic (exact) mass is 281 g/mol. The first-order valence-corrected chi connectivity index (χ1v) is 4.84. The predicted molar refractivity (Wildman–Crippen MR) is 51.1 cm³/mol. The molecule has 0 radical (unpaired) electrons. The molecule has 0 aromatic carbocycles. The lowest BCUT2D eigenvalue weighted by Crippen LogP contribution is -2.46. The molecule has 0 bridgehead atoms. The minimum absolute atomic E-state index is 0.245. The molecule has 0 amide bonds. The number of halogens is 6. The molecule has 0 aliphatic rings. The second kappa shape index (κ2) is 6.12. The molecule has 10 heteroatoms. The first-order chi connectivity index (χ1) is 8.01. The van der Waals surface area contributed by atoms with Crippen LogP contribution in [0.5, 0.6) is 0 Å². The van der Waals surface area contributed by atoms with Crippen molar-refractivity contribution in [1.82, 2.24) is 4.90 Å². The van der Waals surface area contributed by atoms with Crippen molar-refractivity contribution in [2.45, 2.75) is 19.3 Å². The number of oxime groups is 1. The van der Waals surface area contributed by atoms with Crippen molar-refractivity contribution in [2.24, 2.45) is 16.8 Å². The third-order valence-electron chi connectivity index (χ3n) is 2.16. The average Bonchev–Trinajstić information content (AvgIpc) is 2.19. The number of alkyl halides is 6. The second-order valence-electron chi connectivity index (χ2n) is 3.56. The van der Waals surface area contributed by atoms with Crippen LogP contribution in [0.25, 0.3) is 0 Å². The quantitative estimate of drug-likeness (QED) is 0.265. The van der Waals surface area contributed by atoms with Gasteiger partial charge in [0, 0.05) is 6.54 Å². The third-order valence-corrected chi connectivity index (χ3v) is 2.16. The summed E-state index contributed by atoms with van der Waals surface area (Å²) in [6.07, 6.45) is -9.49. The lowest BCUT2D eigenvalue weighted by Gasteiger charge is -2.27. The van der Waals surface area contributed by atoms with E-state index in [-0.39, 0.29) is 6.54 Å². The summed E-state index contributed by atoms with van der Waals surface area (Å²) in [6, 6.07) is 0. The summed E-state index contributed by atoms with van der Waals surface area (Å²) in [5.41, 5.74) is 4.84. The van der Waals surface area contributed by atoms with E-state index in [9.17, 15) is 26.3 Å². The number of hydrogen-bond donors (Lipinski definition) is 2. The third kappa shape index (κ3) is 5.94. The largest absolute Gasteiger partial charge is 0.409 e. The number of amidine groups is 1. The summed E-state index contributed by atoms with van der Waals surface area (Å²) in [5.74, 6) is -3.60. The maximum Gasteiger partial charge on any atom is 0.401 e. The normalized spacial score (nSPS) is 16.1. The van der Waals surface area contributed by atoms with Crippen LogP contribution < -0.4 is 5.73 Å². The van der Waals surface area contributed by atoms with Gasteiger partial charge in [0.05, 0.1) is 6.54 Å². The van der Waals surface area contributed by atoms with Gasteiger partial charge in [0.25, 0.3) is 0 Å². The van der Waals surface area contributed by atoms with Crippen molar-refractivity contribution >= 4 is 5.84 Å². The highest BCUT2D eigenvalue weighted by molar-refractivity contribution is 5.83. The van der Waals surface area contributed by atoms with Crippen LogP contribution in [-0.4, -0.2) is 47.9 Å². The van der Waals surface area contributed by atoms with Gasteiger partial charge in [0.2, 0.25) is 0 Å². The average molecular weight is 281 g/mol. The maximum absolute atomic E-state index is 12.5. The molecule has 1 unspecified atom stereocenters. The first kappa shape index (κ1) is 16.8. The molecule has 0 fully saturated rings. The zero-order valence-electron chi connectivity index (χ0n) is 9.39. The van der Waals surface area contributed by atoms with Gasteiger partial charge in [-0.2, -0.15) is 26.3 Å². The molecule has 0 saturated carbocycles. The molecular formula is C8H13F6N3O. The van der Waals surface area contributed by atoms with Crippen molar-refractivity contribution in [3.63, 3.8) is 0 Å². The summed E-state index contributed by atoms with van der Waals surface area (Å²) in [6.45, 7) is -1.47. The minimum atomic E-state index is -4.88. The standard InChI is InChI=1S/C8H13F6N3O/c1-2-17(4-7(9,10)11)3-5(6(15)16-18)8(12,13)14/h5,18H,2-4H2,1H3,(H2,15,16). The molecule has 0 spiro atoms. The molecular weight excluding hydrogens is 268 g/mol. The highest BCUT2D eigenvalue weighted by atomic mass is 19.4. The van der Waals surface area contributed by atoms with E-state index in [0.717, 1.165) is 0 Å². The van der Waals surface area contributed by atoms with E-state index in [0.29, 0.717) is 4.90 Å². The van der Waals surface area contributed by atoms with Gasteiger partial charge in [-0.3, -0.25) is 4.90 Å². The maximum atomic E-state index is 12.5. The molecule has 0 aliphatic carbocycles. The van der Waals surface area contributed by atoms with Crippen LogP contribution in [0.15, 0.2) is 5.16 Å². The first-order valence-electron chi connectivity index (χ1n) is 4.84. The Hall–Kier alpha value is -1.19. The predicted octanol–water partition coefficient (Wildman–Crippen LogP) is 1.80. The zero-order chi connectivity index (χ0) is 14.6. The van der Waals surface area contributed by atoms with Crippen LogP contribution in [0.2, 0.25) is 0 Å². The molecule has 18 heavy (non-hydrogen) atoms. The molecule has 4 nitrogen and oxygen atoms in total. The van der Waals surface area contributed by atoms with E-state index in [4.69, 9.17) is 10.9 Å². The van der Waals surface area contributed by atoms with E-state index < -0.39 is 37.2 Å². The van der Waals surface area contributed by atoms with Gasteiger partial charge in [0.1, 0.15) is 5.92 Å². The molecule has 108 valence electrons. The van der Waals surface area contributed by atoms with Crippen LogP contribution in [0.1, 0.15) is 6.92 Å². The molecule has 1 atom stereocenters. The zero-order valence-corrected chi connectivity index (χ0v) is 9.39. The number of nitrogens with two attached hydrogens (primary N) is 1. The van der Waals surface area contributed by atoms with Gasteiger partial charge in [-0.05, 0) is 6.54 Å². The van der Waals surface area contributed by atoms with E-state index >= 15 is 0 Å². The van der Waals surface area contributed by atoms with Crippen LogP contribution >= 0.6 is 0 Å². The molecule has 0 rings (SSSR count). The Labute approximate surface area is 99.0 Å². The van der Waals surface area contributed by atoms with Crippen LogP contribution in [0.3, 0.4) is 0 Å². The van der Waals surface area contributed by atoms with Crippen LogP contribution in [-0.2, 0) is 0 Å².